The van der Waals surface area contributed by atoms with E-state index in [0.29, 0.717) is 12.5 Å². The summed E-state index contributed by atoms with van der Waals surface area (Å²) in [6, 6.07) is 10.1. The second-order valence-electron chi connectivity index (χ2n) is 7.34. The molecule has 1 saturated heterocycles. The van der Waals surface area contributed by atoms with Gasteiger partial charge in [-0.3, -0.25) is 9.48 Å². The van der Waals surface area contributed by atoms with Crippen LogP contribution in [0.4, 0.5) is 0 Å². The highest BCUT2D eigenvalue weighted by Gasteiger charge is 2.25. The molecule has 0 spiro atoms. The van der Waals surface area contributed by atoms with Crippen molar-refractivity contribution in [2.24, 2.45) is 5.92 Å². The number of rotatable bonds is 4. The van der Waals surface area contributed by atoms with Crippen LogP contribution in [0.15, 0.2) is 30.3 Å². The molecule has 3 heterocycles. The van der Waals surface area contributed by atoms with Gasteiger partial charge in [0, 0.05) is 25.2 Å². The minimum Gasteiger partial charge on any atom is -0.342 e. The maximum absolute atomic E-state index is 12.7. The summed E-state index contributed by atoms with van der Waals surface area (Å²) in [4.78, 5) is 22.8. The quantitative estimate of drug-likeness (QED) is 0.786. The third-order valence-corrected chi connectivity index (χ3v) is 5.18. The molecule has 0 bridgehead atoms. The number of aromatic nitrogens is 4. The zero-order chi connectivity index (χ0) is 18.1. The van der Waals surface area contributed by atoms with E-state index in [1.807, 2.05) is 43.0 Å². The van der Waals surface area contributed by atoms with E-state index in [4.69, 9.17) is 0 Å². The van der Waals surface area contributed by atoms with Crippen molar-refractivity contribution >= 4 is 16.9 Å². The van der Waals surface area contributed by atoms with Gasteiger partial charge < -0.3 is 9.88 Å². The van der Waals surface area contributed by atoms with E-state index in [2.05, 4.69) is 21.1 Å². The van der Waals surface area contributed by atoms with Gasteiger partial charge in [0.2, 0.25) is 5.91 Å². The smallest absolute Gasteiger partial charge is 0.244 e. The number of hydrogen-bond acceptors (Lipinski definition) is 3. The number of piperidine rings is 1. The maximum Gasteiger partial charge on any atom is 0.244 e. The predicted octanol–water partition coefficient (Wildman–Crippen LogP) is 2.86. The minimum atomic E-state index is 0.158. The Hall–Kier alpha value is -2.63. The largest absolute Gasteiger partial charge is 0.342 e. The van der Waals surface area contributed by atoms with E-state index >= 15 is 0 Å². The number of nitrogens with one attached hydrogen (secondary N) is 1. The molecule has 6 nitrogen and oxygen atoms in total. The molecule has 1 aliphatic heterocycles. The molecule has 1 aromatic carbocycles. The number of benzene rings is 1. The molecule has 1 atom stereocenters. The molecule has 4 rings (SSSR count). The van der Waals surface area contributed by atoms with Gasteiger partial charge in [0.15, 0.2) is 0 Å². The molecule has 1 amide bonds. The molecule has 136 valence electrons. The van der Waals surface area contributed by atoms with E-state index in [1.54, 1.807) is 4.68 Å². The number of amides is 1. The topological polar surface area (TPSA) is 66.8 Å². The van der Waals surface area contributed by atoms with Crippen molar-refractivity contribution in [3.8, 4) is 0 Å². The Kier molecular flexibility index (Phi) is 4.49. The Morgan fingerprint density at radius 2 is 2.15 bits per heavy atom. The van der Waals surface area contributed by atoms with Crippen molar-refractivity contribution in [1.82, 2.24) is 24.6 Å². The summed E-state index contributed by atoms with van der Waals surface area (Å²) in [6.45, 7) is 5.92. The summed E-state index contributed by atoms with van der Waals surface area (Å²) in [6.07, 6.45) is 3.08. The average molecular weight is 351 g/mol. The number of H-pyrrole nitrogens is 1. The number of aromatic amines is 1. The second-order valence-corrected chi connectivity index (χ2v) is 7.34. The van der Waals surface area contributed by atoms with Crippen LogP contribution in [0.2, 0.25) is 0 Å². The zero-order valence-electron chi connectivity index (χ0n) is 15.4. The lowest BCUT2D eigenvalue weighted by molar-refractivity contribution is -0.133. The minimum absolute atomic E-state index is 0.158. The summed E-state index contributed by atoms with van der Waals surface area (Å²) in [5, 5.41) is 4.41. The summed E-state index contributed by atoms with van der Waals surface area (Å²) in [5.41, 5.74) is 4.08. The number of imidazole rings is 1. The number of nitrogens with zero attached hydrogens (tertiary/aromatic N) is 4. The standard InChI is InChI=1S/C20H25N5O/c1-14-10-15(2)25(23-14)13-20(26)24-9-5-6-16(12-24)11-19-21-17-7-3-4-8-18(17)22-19/h3-4,7-8,10,16H,5-6,9,11-13H2,1-2H3,(H,21,22)/t16-/m1/s1. The van der Waals surface area contributed by atoms with Crippen LogP contribution in [0.1, 0.15) is 30.1 Å². The van der Waals surface area contributed by atoms with E-state index in [0.717, 1.165) is 60.6 Å². The molecule has 6 heteroatoms. The Balaban J connectivity index is 1.40. The van der Waals surface area contributed by atoms with Gasteiger partial charge in [0.1, 0.15) is 12.4 Å². The number of fused-ring (bicyclic) bond motifs is 1. The van der Waals surface area contributed by atoms with Gasteiger partial charge in [-0.05, 0) is 50.8 Å². The first-order valence-corrected chi connectivity index (χ1v) is 9.31. The first-order chi connectivity index (χ1) is 12.6. The lowest BCUT2D eigenvalue weighted by Gasteiger charge is -2.32. The van der Waals surface area contributed by atoms with Crippen LogP contribution in [-0.4, -0.2) is 43.6 Å². The van der Waals surface area contributed by atoms with Crippen LogP contribution < -0.4 is 0 Å². The first-order valence-electron chi connectivity index (χ1n) is 9.31. The zero-order valence-corrected chi connectivity index (χ0v) is 15.4. The second kappa shape index (κ2) is 6.94. The summed E-state index contributed by atoms with van der Waals surface area (Å²) in [7, 11) is 0. The van der Waals surface area contributed by atoms with Crippen molar-refractivity contribution in [2.45, 2.75) is 39.7 Å². The van der Waals surface area contributed by atoms with Crippen molar-refractivity contribution in [3.63, 3.8) is 0 Å². The number of likely N-dealkylation sites (tertiary alicyclic amines) is 1. The first kappa shape index (κ1) is 16.8. The third kappa shape index (κ3) is 3.49. The third-order valence-electron chi connectivity index (χ3n) is 5.18. The highest BCUT2D eigenvalue weighted by Crippen LogP contribution is 2.21. The van der Waals surface area contributed by atoms with Crippen LogP contribution in [0, 0.1) is 19.8 Å². The van der Waals surface area contributed by atoms with E-state index < -0.39 is 0 Å². The van der Waals surface area contributed by atoms with Gasteiger partial charge >= 0.3 is 0 Å². The van der Waals surface area contributed by atoms with Crippen molar-refractivity contribution in [2.75, 3.05) is 13.1 Å². The number of hydrogen-bond donors (Lipinski definition) is 1. The molecule has 0 radical (unpaired) electrons. The maximum atomic E-state index is 12.7. The molecule has 0 saturated carbocycles. The summed E-state index contributed by atoms with van der Waals surface area (Å²) in [5.74, 6) is 1.63. The molecular formula is C20H25N5O. The van der Waals surface area contributed by atoms with Gasteiger partial charge in [-0.2, -0.15) is 5.10 Å². The number of carbonyl (C=O) groups is 1. The van der Waals surface area contributed by atoms with Crippen molar-refractivity contribution < 1.29 is 4.79 Å². The molecular weight excluding hydrogens is 326 g/mol. The fourth-order valence-corrected chi connectivity index (χ4v) is 3.90. The average Bonchev–Trinajstić information content (AvgIpc) is 3.17. The highest BCUT2D eigenvalue weighted by atomic mass is 16.2. The van der Waals surface area contributed by atoms with E-state index in [-0.39, 0.29) is 5.91 Å². The Bertz CT molecular complexity index is 892. The number of para-hydroxylation sites is 2. The van der Waals surface area contributed by atoms with Crippen LogP contribution in [0.25, 0.3) is 11.0 Å². The predicted molar refractivity (Wildman–Crippen MR) is 101 cm³/mol. The number of aryl methyl sites for hydroxylation is 2. The fraction of sp³-hybridized carbons (Fsp3) is 0.450. The van der Waals surface area contributed by atoms with Crippen LogP contribution in [0.5, 0.6) is 0 Å². The summed E-state index contributed by atoms with van der Waals surface area (Å²) >= 11 is 0. The van der Waals surface area contributed by atoms with Gasteiger partial charge in [-0.15, -0.1) is 0 Å². The lowest BCUT2D eigenvalue weighted by Crippen LogP contribution is -2.42. The van der Waals surface area contributed by atoms with Gasteiger partial charge in [0.05, 0.1) is 16.7 Å². The van der Waals surface area contributed by atoms with Gasteiger partial charge in [-0.25, -0.2) is 4.98 Å². The van der Waals surface area contributed by atoms with Crippen molar-refractivity contribution in [1.29, 1.82) is 0 Å². The monoisotopic (exact) mass is 351 g/mol. The fourth-order valence-electron chi connectivity index (χ4n) is 3.90. The lowest BCUT2D eigenvalue weighted by atomic mass is 9.94. The molecule has 2 aromatic heterocycles. The highest BCUT2D eigenvalue weighted by molar-refractivity contribution is 5.76. The number of carbonyl (C=O) groups excluding carboxylic acids is 1. The van der Waals surface area contributed by atoms with Crippen LogP contribution >= 0.6 is 0 Å². The molecule has 1 fully saturated rings. The van der Waals surface area contributed by atoms with Gasteiger partial charge in [0.25, 0.3) is 0 Å². The molecule has 3 aromatic rings. The Morgan fingerprint density at radius 1 is 1.31 bits per heavy atom. The Morgan fingerprint density at radius 3 is 2.92 bits per heavy atom. The normalized spacial score (nSPS) is 17.8. The van der Waals surface area contributed by atoms with Crippen LogP contribution in [-0.2, 0) is 17.8 Å². The van der Waals surface area contributed by atoms with Gasteiger partial charge in [-0.1, -0.05) is 12.1 Å². The molecule has 1 aliphatic rings. The molecule has 1 N–H and O–H groups in total. The van der Waals surface area contributed by atoms with E-state index in [1.165, 1.54) is 0 Å². The molecule has 26 heavy (non-hydrogen) atoms. The SMILES string of the molecule is Cc1cc(C)n(CC(=O)N2CCC[C@H](Cc3nc4ccccc4[nH]3)C2)n1. The van der Waals surface area contributed by atoms with E-state index in [9.17, 15) is 4.79 Å². The van der Waals surface area contributed by atoms with Crippen LogP contribution in [0.3, 0.4) is 0 Å². The Labute approximate surface area is 153 Å². The summed E-state index contributed by atoms with van der Waals surface area (Å²) < 4.78 is 1.81. The van der Waals surface area contributed by atoms with Crippen molar-refractivity contribution in [3.05, 3.63) is 47.5 Å². The molecule has 0 aliphatic carbocycles. The molecule has 0 unspecified atom stereocenters.